The van der Waals surface area contributed by atoms with E-state index in [2.05, 4.69) is 10.3 Å². The van der Waals surface area contributed by atoms with E-state index in [-0.39, 0.29) is 4.90 Å². The van der Waals surface area contributed by atoms with Crippen LogP contribution in [0.4, 0.5) is 11.4 Å². The van der Waals surface area contributed by atoms with Gasteiger partial charge in [-0.05, 0) is 35.9 Å². The van der Waals surface area contributed by atoms with Crippen molar-refractivity contribution in [2.24, 2.45) is 5.14 Å². The molecular weight excluding hydrogens is 264 g/mol. The molecule has 1 aromatic heterocycles. The summed E-state index contributed by atoms with van der Waals surface area (Å²) in [6.45, 7) is 0.515. The number of nitrogens with one attached hydrogen (secondary N) is 1. The van der Waals surface area contributed by atoms with Gasteiger partial charge in [0.1, 0.15) is 0 Å². The van der Waals surface area contributed by atoms with Crippen molar-refractivity contribution in [1.29, 1.82) is 0 Å². The molecule has 0 radical (unpaired) electrons. The van der Waals surface area contributed by atoms with Crippen molar-refractivity contribution in [3.8, 4) is 0 Å². The predicted octanol–water partition coefficient (Wildman–Crippen LogP) is 0.923. The highest BCUT2D eigenvalue weighted by atomic mass is 32.2. The molecule has 1 heterocycles. The zero-order valence-corrected chi connectivity index (χ0v) is 10.9. The van der Waals surface area contributed by atoms with Gasteiger partial charge < -0.3 is 11.1 Å². The second-order valence-corrected chi connectivity index (χ2v) is 5.56. The molecule has 2 rings (SSSR count). The molecule has 0 aliphatic heterocycles. The molecular formula is C12H14N4O2S. The first-order chi connectivity index (χ1) is 8.97. The fourth-order valence-electron chi connectivity index (χ4n) is 1.56. The SMILES string of the molecule is Nc1ccc(S(N)(=O)=O)cc1NCc1ccncc1. The third-order valence-corrected chi connectivity index (χ3v) is 3.50. The molecule has 0 fully saturated rings. The third-order valence-electron chi connectivity index (χ3n) is 2.59. The predicted molar refractivity (Wildman–Crippen MR) is 73.8 cm³/mol. The number of sulfonamides is 1. The Hall–Kier alpha value is -2.12. The molecule has 2 aromatic rings. The van der Waals surface area contributed by atoms with E-state index < -0.39 is 10.0 Å². The summed E-state index contributed by atoms with van der Waals surface area (Å²) in [5.41, 5.74) is 7.79. The Labute approximate surface area is 111 Å². The maximum absolute atomic E-state index is 11.3. The van der Waals surface area contributed by atoms with Gasteiger partial charge in [0, 0.05) is 18.9 Å². The fourth-order valence-corrected chi connectivity index (χ4v) is 2.10. The second kappa shape index (κ2) is 5.25. The topological polar surface area (TPSA) is 111 Å². The van der Waals surface area contributed by atoms with Gasteiger partial charge in [0.15, 0.2) is 0 Å². The van der Waals surface area contributed by atoms with E-state index in [9.17, 15) is 8.42 Å². The van der Waals surface area contributed by atoms with Crippen LogP contribution in [0.1, 0.15) is 5.56 Å². The number of rotatable bonds is 4. The molecule has 0 spiro atoms. The summed E-state index contributed by atoms with van der Waals surface area (Å²) in [5.74, 6) is 0. The van der Waals surface area contributed by atoms with E-state index in [4.69, 9.17) is 10.9 Å². The van der Waals surface area contributed by atoms with Gasteiger partial charge in [-0.2, -0.15) is 0 Å². The summed E-state index contributed by atoms with van der Waals surface area (Å²) < 4.78 is 22.5. The number of hydrogen-bond donors (Lipinski definition) is 3. The van der Waals surface area contributed by atoms with Crippen molar-refractivity contribution in [3.63, 3.8) is 0 Å². The molecule has 7 heteroatoms. The molecule has 0 aliphatic carbocycles. The van der Waals surface area contributed by atoms with Crippen LogP contribution < -0.4 is 16.2 Å². The maximum Gasteiger partial charge on any atom is 0.238 e. The Morgan fingerprint density at radius 2 is 1.84 bits per heavy atom. The van der Waals surface area contributed by atoms with E-state index in [1.54, 1.807) is 12.4 Å². The first kappa shape index (κ1) is 13.3. The van der Waals surface area contributed by atoms with Gasteiger partial charge in [0.25, 0.3) is 0 Å². The van der Waals surface area contributed by atoms with Crippen LogP contribution in [-0.4, -0.2) is 13.4 Å². The van der Waals surface area contributed by atoms with Crippen molar-refractivity contribution in [1.82, 2.24) is 4.98 Å². The second-order valence-electron chi connectivity index (χ2n) is 4.00. The van der Waals surface area contributed by atoms with Crippen LogP contribution in [0.15, 0.2) is 47.6 Å². The highest BCUT2D eigenvalue weighted by Crippen LogP contribution is 2.22. The highest BCUT2D eigenvalue weighted by Gasteiger charge is 2.10. The van der Waals surface area contributed by atoms with Gasteiger partial charge in [-0.3, -0.25) is 4.98 Å². The summed E-state index contributed by atoms with van der Waals surface area (Å²) in [6, 6.07) is 8.02. The zero-order chi connectivity index (χ0) is 13.9. The Kier molecular flexibility index (Phi) is 3.68. The average Bonchev–Trinajstić information content (AvgIpc) is 2.37. The Balaban J connectivity index is 2.21. The smallest absolute Gasteiger partial charge is 0.238 e. The third kappa shape index (κ3) is 3.43. The summed E-state index contributed by atoms with van der Waals surface area (Å²) in [4.78, 5) is 3.94. The standard InChI is InChI=1S/C12H14N4O2S/c13-11-2-1-10(19(14,17)18)7-12(11)16-8-9-3-5-15-6-4-9/h1-7,16H,8,13H2,(H2,14,17,18). The number of nitrogens with two attached hydrogens (primary N) is 2. The molecule has 0 saturated carbocycles. The van der Waals surface area contributed by atoms with Crippen LogP contribution in [0, 0.1) is 0 Å². The molecule has 0 saturated heterocycles. The van der Waals surface area contributed by atoms with E-state index in [0.29, 0.717) is 17.9 Å². The molecule has 100 valence electrons. The quantitative estimate of drug-likeness (QED) is 0.720. The average molecular weight is 278 g/mol. The highest BCUT2D eigenvalue weighted by molar-refractivity contribution is 7.89. The largest absolute Gasteiger partial charge is 0.397 e. The lowest BCUT2D eigenvalue weighted by atomic mass is 10.2. The van der Waals surface area contributed by atoms with Crippen molar-refractivity contribution in [3.05, 3.63) is 48.3 Å². The molecule has 0 aliphatic rings. The maximum atomic E-state index is 11.3. The lowest BCUT2D eigenvalue weighted by Gasteiger charge is -2.10. The van der Waals surface area contributed by atoms with E-state index in [0.717, 1.165) is 5.56 Å². The number of nitrogen functional groups attached to an aromatic ring is 1. The number of primary sulfonamides is 1. The van der Waals surface area contributed by atoms with E-state index >= 15 is 0 Å². The van der Waals surface area contributed by atoms with Gasteiger partial charge in [0.2, 0.25) is 10.0 Å². The Morgan fingerprint density at radius 1 is 1.16 bits per heavy atom. The Morgan fingerprint density at radius 3 is 2.47 bits per heavy atom. The number of hydrogen-bond acceptors (Lipinski definition) is 5. The van der Waals surface area contributed by atoms with Crippen molar-refractivity contribution >= 4 is 21.4 Å². The number of anilines is 2. The van der Waals surface area contributed by atoms with Gasteiger partial charge in [0.05, 0.1) is 16.3 Å². The first-order valence-corrected chi connectivity index (χ1v) is 7.06. The van der Waals surface area contributed by atoms with Crippen molar-refractivity contribution in [2.45, 2.75) is 11.4 Å². The number of benzene rings is 1. The fraction of sp³-hybridized carbons (Fsp3) is 0.0833. The summed E-state index contributed by atoms with van der Waals surface area (Å²) in [7, 11) is -3.73. The molecule has 0 bridgehead atoms. The molecule has 0 amide bonds. The zero-order valence-electron chi connectivity index (χ0n) is 10.1. The number of aromatic nitrogens is 1. The van der Waals surface area contributed by atoms with Crippen LogP contribution in [0.2, 0.25) is 0 Å². The van der Waals surface area contributed by atoms with E-state index in [1.165, 1.54) is 18.2 Å². The van der Waals surface area contributed by atoms with Gasteiger partial charge in [-0.15, -0.1) is 0 Å². The minimum atomic E-state index is -3.73. The van der Waals surface area contributed by atoms with Crippen molar-refractivity contribution in [2.75, 3.05) is 11.1 Å². The molecule has 5 N–H and O–H groups in total. The normalized spacial score (nSPS) is 11.2. The van der Waals surface area contributed by atoms with Gasteiger partial charge in [-0.25, -0.2) is 13.6 Å². The van der Waals surface area contributed by atoms with Crippen LogP contribution >= 0.6 is 0 Å². The minimum Gasteiger partial charge on any atom is -0.397 e. The van der Waals surface area contributed by atoms with Crippen LogP contribution in [-0.2, 0) is 16.6 Å². The van der Waals surface area contributed by atoms with Gasteiger partial charge >= 0.3 is 0 Å². The summed E-state index contributed by atoms with van der Waals surface area (Å²) in [6.07, 6.45) is 3.36. The van der Waals surface area contributed by atoms with Crippen molar-refractivity contribution < 1.29 is 8.42 Å². The first-order valence-electron chi connectivity index (χ1n) is 5.52. The lowest BCUT2D eigenvalue weighted by Crippen LogP contribution is -2.13. The lowest BCUT2D eigenvalue weighted by molar-refractivity contribution is 0.598. The number of nitrogens with zero attached hydrogens (tertiary/aromatic N) is 1. The molecule has 0 atom stereocenters. The monoisotopic (exact) mass is 278 g/mol. The van der Waals surface area contributed by atoms with Crippen LogP contribution in [0.25, 0.3) is 0 Å². The Bertz CT molecular complexity index is 671. The summed E-state index contributed by atoms with van der Waals surface area (Å²) >= 11 is 0. The minimum absolute atomic E-state index is 0.0268. The van der Waals surface area contributed by atoms with E-state index in [1.807, 2.05) is 12.1 Å². The summed E-state index contributed by atoms with van der Waals surface area (Å²) in [5, 5.41) is 8.15. The molecule has 6 nitrogen and oxygen atoms in total. The molecule has 1 aromatic carbocycles. The molecule has 19 heavy (non-hydrogen) atoms. The van der Waals surface area contributed by atoms with Gasteiger partial charge in [-0.1, -0.05) is 0 Å². The molecule has 0 unspecified atom stereocenters. The van der Waals surface area contributed by atoms with Crippen LogP contribution in [0.5, 0.6) is 0 Å². The van der Waals surface area contributed by atoms with Crippen LogP contribution in [0.3, 0.4) is 0 Å². The number of pyridine rings is 1.